The van der Waals surface area contributed by atoms with Gasteiger partial charge in [0.1, 0.15) is 0 Å². The Balaban J connectivity index is 1.71. The smallest absolute Gasteiger partial charge is 0.234 e. The van der Waals surface area contributed by atoms with E-state index in [-0.39, 0.29) is 11.9 Å². The molecule has 1 aromatic heterocycles. The fourth-order valence-corrected chi connectivity index (χ4v) is 3.34. The van der Waals surface area contributed by atoms with Crippen LogP contribution in [-0.4, -0.2) is 60.5 Å². The van der Waals surface area contributed by atoms with Crippen molar-refractivity contribution in [3.63, 3.8) is 0 Å². The number of hydrogen-bond acceptors (Lipinski definition) is 4. The molecule has 1 aromatic carbocycles. The van der Waals surface area contributed by atoms with Crippen LogP contribution in [0.3, 0.4) is 0 Å². The molecular formula is C21H28N4O. The number of benzene rings is 1. The van der Waals surface area contributed by atoms with E-state index in [9.17, 15) is 4.79 Å². The molecule has 0 aliphatic carbocycles. The van der Waals surface area contributed by atoms with Gasteiger partial charge in [0.15, 0.2) is 0 Å². The van der Waals surface area contributed by atoms with Crippen LogP contribution in [0.4, 0.5) is 0 Å². The summed E-state index contributed by atoms with van der Waals surface area (Å²) in [5.41, 5.74) is 3.35. The number of aromatic nitrogens is 1. The number of likely N-dealkylation sites (N-methyl/N-ethyl adjacent to an activating group) is 1. The maximum atomic E-state index is 12.7. The van der Waals surface area contributed by atoms with Crippen LogP contribution in [0.25, 0.3) is 0 Å². The van der Waals surface area contributed by atoms with Crippen molar-refractivity contribution in [3.8, 4) is 0 Å². The molecule has 1 N–H and O–H groups in total. The fourth-order valence-electron chi connectivity index (χ4n) is 3.34. The van der Waals surface area contributed by atoms with Crippen molar-refractivity contribution in [1.82, 2.24) is 20.1 Å². The van der Waals surface area contributed by atoms with Gasteiger partial charge in [-0.1, -0.05) is 29.8 Å². The quantitative estimate of drug-likeness (QED) is 0.897. The van der Waals surface area contributed by atoms with Gasteiger partial charge in [0.2, 0.25) is 5.91 Å². The standard InChI is InChI=1S/C21H28N4O/c1-17-4-6-18(7-5-17)21(19-8-10-22-11-9-19)23-20(26)16-25-13-3-12-24(2)14-15-25/h4-11,21H,3,12-16H2,1-2H3,(H,23,26)/t21-/m0/s1. The highest BCUT2D eigenvalue weighted by atomic mass is 16.2. The zero-order valence-electron chi connectivity index (χ0n) is 15.7. The van der Waals surface area contributed by atoms with E-state index < -0.39 is 0 Å². The van der Waals surface area contributed by atoms with Crippen molar-refractivity contribution >= 4 is 5.91 Å². The van der Waals surface area contributed by atoms with E-state index in [2.05, 4.69) is 58.3 Å². The molecule has 3 rings (SSSR count). The molecule has 2 heterocycles. The number of aryl methyl sites for hydroxylation is 1. The maximum Gasteiger partial charge on any atom is 0.234 e. The van der Waals surface area contributed by atoms with Gasteiger partial charge in [-0.15, -0.1) is 0 Å². The Morgan fingerprint density at radius 3 is 2.46 bits per heavy atom. The Hall–Kier alpha value is -2.24. The van der Waals surface area contributed by atoms with Gasteiger partial charge in [-0.2, -0.15) is 0 Å². The Morgan fingerprint density at radius 1 is 1.04 bits per heavy atom. The van der Waals surface area contributed by atoms with Crippen molar-refractivity contribution < 1.29 is 4.79 Å². The van der Waals surface area contributed by atoms with Crippen molar-refractivity contribution in [1.29, 1.82) is 0 Å². The highest BCUT2D eigenvalue weighted by Gasteiger charge is 2.20. The predicted octanol–water partition coefficient (Wildman–Crippen LogP) is 2.23. The van der Waals surface area contributed by atoms with Gasteiger partial charge in [-0.3, -0.25) is 14.7 Å². The zero-order chi connectivity index (χ0) is 18.4. The van der Waals surface area contributed by atoms with Gasteiger partial charge >= 0.3 is 0 Å². The Labute approximate surface area is 156 Å². The number of rotatable bonds is 5. The number of nitrogens with one attached hydrogen (secondary N) is 1. The van der Waals surface area contributed by atoms with E-state index in [0.29, 0.717) is 6.54 Å². The Kier molecular flexibility index (Phi) is 6.36. The molecule has 1 aliphatic heterocycles. The number of amides is 1. The van der Waals surface area contributed by atoms with Crippen molar-refractivity contribution in [2.45, 2.75) is 19.4 Å². The summed E-state index contributed by atoms with van der Waals surface area (Å²) >= 11 is 0. The van der Waals surface area contributed by atoms with Crippen LogP contribution in [0.2, 0.25) is 0 Å². The van der Waals surface area contributed by atoms with E-state index in [1.807, 2.05) is 12.1 Å². The average molecular weight is 352 g/mol. The summed E-state index contributed by atoms with van der Waals surface area (Å²) in [7, 11) is 2.14. The molecule has 26 heavy (non-hydrogen) atoms. The highest BCUT2D eigenvalue weighted by Crippen LogP contribution is 2.22. The van der Waals surface area contributed by atoms with Crippen LogP contribution in [0.5, 0.6) is 0 Å². The predicted molar refractivity (Wildman–Crippen MR) is 104 cm³/mol. The second-order valence-corrected chi connectivity index (χ2v) is 7.12. The summed E-state index contributed by atoms with van der Waals surface area (Å²) in [6, 6.07) is 12.1. The number of carbonyl (C=O) groups is 1. The van der Waals surface area contributed by atoms with E-state index in [1.54, 1.807) is 12.4 Å². The summed E-state index contributed by atoms with van der Waals surface area (Å²) in [6.07, 6.45) is 4.65. The third-order valence-electron chi connectivity index (χ3n) is 4.93. The molecule has 138 valence electrons. The SMILES string of the molecule is Cc1ccc([C@H](NC(=O)CN2CCCN(C)CC2)c2ccncc2)cc1. The van der Waals surface area contributed by atoms with E-state index in [0.717, 1.165) is 43.7 Å². The normalized spacial score (nSPS) is 17.5. The lowest BCUT2D eigenvalue weighted by Crippen LogP contribution is -2.40. The topological polar surface area (TPSA) is 48.5 Å². The molecule has 0 unspecified atom stereocenters. The van der Waals surface area contributed by atoms with E-state index in [4.69, 9.17) is 0 Å². The van der Waals surface area contributed by atoms with Crippen LogP contribution in [0.15, 0.2) is 48.8 Å². The van der Waals surface area contributed by atoms with Crippen molar-refractivity contribution in [2.24, 2.45) is 0 Å². The van der Waals surface area contributed by atoms with E-state index in [1.165, 1.54) is 5.56 Å². The molecule has 1 amide bonds. The van der Waals surface area contributed by atoms with Crippen molar-refractivity contribution in [3.05, 3.63) is 65.5 Å². The first-order valence-electron chi connectivity index (χ1n) is 9.28. The molecule has 5 heteroatoms. The molecule has 0 bridgehead atoms. The third kappa shape index (κ3) is 5.13. The lowest BCUT2D eigenvalue weighted by molar-refractivity contribution is -0.122. The second-order valence-electron chi connectivity index (χ2n) is 7.12. The lowest BCUT2D eigenvalue weighted by Gasteiger charge is -2.23. The molecule has 2 aromatic rings. The first-order valence-corrected chi connectivity index (χ1v) is 9.28. The second kappa shape index (κ2) is 8.92. The summed E-state index contributed by atoms with van der Waals surface area (Å²) in [5, 5.41) is 3.23. The molecule has 1 aliphatic rings. The largest absolute Gasteiger partial charge is 0.344 e. The number of carbonyl (C=O) groups excluding carboxylic acids is 1. The molecule has 0 saturated carbocycles. The molecule has 1 saturated heterocycles. The average Bonchev–Trinajstić information content (AvgIpc) is 2.85. The Bertz CT molecular complexity index is 702. The summed E-state index contributed by atoms with van der Waals surface area (Å²) < 4.78 is 0. The van der Waals surface area contributed by atoms with Gasteiger partial charge in [0.05, 0.1) is 12.6 Å². The molecular weight excluding hydrogens is 324 g/mol. The molecule has 1 fully saturated rings. The van der Waals surface area contributed by atoms with Crippen LogP contribution in [-0.2, 0) is 4.79 Å². The number of hydrogen-bond donors (Lipinski definition) is 1. The Morgan fingerprint density at radius 2 is 1.73 bits per heavy atom. The maximum absolute atomic E-state index is 12.7. The summed E-state index contributed by atoms with van der Waals surface area (Å²) in [6.45, 7) is 6.54. The van der Waals surface area contributed by atoms with Gasteiger partial charge in [-0.05, 0) is 56.7 Å². The first kappa shape index (κ1) is 18.5. The van der Waals surface area contributed by atoms with Gasteiger partial charge in [0.25, 0.3) is 0 Å². The van der Waals surface area contributed by atoms with Crippen LogP contribution >= 0.6 is 0 Å². The van der Waals surface area contributed by atoms with E-state index >= 15 is 0 Å². The zero-order valence-corrected chi connectivity index (χ0v) is 15.7. The number of pyridine rings is 1. The van der Waals surface area contributed by atoms with Gasteiger partial charge < -0.3 is 10.2 Å². The molecule has 5 nitrogen and oxygen atoms in total. The highest BCUT2D eigenvalue weighted by molar-refractivity contribution is 5.79. The fraction of sp³-hybridized carbons (Fsp3) is 0.429. The monoisotopic (exact) mass is 352 g/mol. The van der Waals surface area contributed by atoms with Crippen LogP contribution < -0.4 is 5.32 Å². The van der Waals surface area contributed by atoms with Crippen LogP contribution in [0, 0.1) is 6.92 Å². The molecule has 1 atom stereocenters. The van der Waals surface area contributed by atoms with Crippen molar-refractivity contribution in [2.75, 3.05) is 39.8 Å². The summed E-state index contributed by atoms with van der Waals surface area (Å²) in [5.74, 6) is 0.0666. The third-order valence-corrected chi connectivity index (χ3v) is 4.93. The van der Waals surface area contributed by atoms with Gasteiger partial charge in [0, 0.05) is 25.5 Å². The molecule has 0 radical (unpaired) electrons. The molecule has 0 spiro atoms. The minimum absolute atomic E-state index is 0.0666. The van der Waals surface area contributed by atoms with Crippen LogP contribution in [0.1, 0.15) is 29.2 Å². The lowest BCUT2D eigenvalue weighted by atomic mass is 9.98. The number of nitrogens with zero attached hydrogens (tertiary/aromatic N) is 3. The minimum Gasteiger partial charge on any atom is -0.344 e. The summed E-state index contributed by atoms with van der Waals surface area (Å²) in [4.78, 5) is 21.4. The minimum atomic E-state index is -0.152. The van der Waals surface area contributed by atoms with Gasteiger partial charge in [-0.25, -0.2) is 0 Å². The first-order chi connectivity index (χ1) is 12.6.